The molecule has 7 heteroatoms. The molecule has 3 aromatic rings. The van der Waals surface area contributed by atoms with Crippen molar-refractivity contribution in [1.29, 1.82) is 0 Å². The van der Waals surface area contributed by atoms with E-state index in [1.807, 2.05) is 0 Å². The molecule has 0 radical (unpaired) electrons. The predicted octanol–water partition coefficient (Wildman–Crippen LogP) is 4.02. The van der Waals surface area contributed by atoms with Gasteiger partial charge in [-0.2, -0.15) is 5.10 Å². The first-order chi connectivity index (χ1) is 11.6. The van der Waals surface area contributed by atoms with Gasteiger partial charge in [0.05, 0.1) is 6.54 Å². The molecule has 2 N–H and O–H groups in total. The minimum absolute atomic E-state index is 0.268. The summed E-state index contributed by atoms with van der Waals surface area (Å²) in [6.07, 6.45) is 1.73. The Bertz CT molecular complexity index is 846. The third kappa shape index (κ3) is 4.14. The molecule has 0 atom stereocenters. The minimum atomic E-state index is -0.314. The number of benzene rings is 2. The van der Waals surface area contributed by atoms with Gasteiger partial charge in [0.2, 0.25) is 0 Å². The highest BCUT2D eigenvalue weighted by molar-refractivity contribution is 7.80. The van der Waals surface area contributed by atoms with E-state index in [1.54, 1.807) is 47.3 Å². The van der Waals surface area contributed by atoms with Crippen LogP contribution in [0.4, 0.5) is 20.3 Å². The van der Waals surface area contributed by atoms with Crippen molar-refractivity contribution >= 4 is 28.8 Å². The molecule has 1 aromatic heterocycles. The maximum atomic E-state index is 13.6. The smallest absolute Gasteiger partial charge is 0.176 e. The zero-order valence-corrected chi connectivity index (χ0v) is 13.4. The maximum absolute atomic E-state index is 13.6. The molecule has 0 unspecified atom stereocenters. The fraction of sp³-hybridized carbons (Fsp3) is 0.0588. The number of rotatable bonds is 4. The van der Waals surface area contributed by atoms with E-state index in [0.717, 1.165) is 0 Å². The Kier molecular flexibility index (Phi) is 4.81. The van der Waals surface area contributed by atoms with Crippen LogP contribution in [0.15, 0.2) is 60.8 Å². The van der Waals surface area contributed by atoms with Gasteiger partial charge in [-0.1, -0.05) is 18.2 Å². The Labute approximate surface area is 143 Å². The maximum Gasteiger partial charge on any atom is 0.176 e. The van der Waals surface area contributed by atoms with E-state index in [9.17, 15) is 8.78 Å². The molecule has 2 aromatic carbocycles. The third-order valence-electron chi connectivity index (χ3n) is 3.27. The number of nitrogens with one attached hydrogen (secondary N) is 2. The van der Waals surface area contributed by atoms with E-state index >= 15 is 0 Å². The minimum Gasteiger partial charge on any atom is -0.332 e. The van der Waals surface area contributed by atoms with Gasteiger partial charge in [0.25, 0.3) is 0 Å². The fourth-order valence-electron chi connectivity index (χ4n) is 2.13. The second-order valence-electron chi connectivity index (χ2n) is 5.08. The van der Waals surface area contributed by atoms with Crippen molar-refractivity contribution < 1.29 is 8.78 Å². The molecule has 24 heavy (non-hydrogen) atoms. The lowest BCUT2D eigenvalue weighted by Crippen LogP contribution is -2.19. The molecule has 3 rings (SSSR count). The SMILES string of the molecule is Fc1ccc(NC(=S)Nc2ccn(Cc3ccccc3F)n2)cc1. The third-order valence-corrected chi connectivity index (χ3v) is 3.48. The highest BCUT2D eigenvalue weighted by atomic mass is 32.1. The summed E-state index contributed by atoms with van der Waals surface area (Å²) >= 11 is 5.19. The lowest BCUT2D eigenvalue weighted by molar-refractivity contribution is 0.586. The molecule has 0 aliphatic carbocycles. The van der Waals surface area contributed by atoms with Crippen LogP contribution in [0.1, 0.15) is 5.56 Å². The Morgan fingerprint density at radius 3 is 2.50 bits per heavy atom. The van der Waals surface area contributed by atoms with Gasteiger partial charge in [0.15, 0.2) is 10.9 Å². The molecule has 0 saturated heterocycles. The zero-order chi connectivity index (χ0) is 16.9. The Morgan fingerprint density at radius 1 is 1.00 bits per heavy atom. The lowest BCUT2D eigenvalue weighted by Gasteiger charge is -2.08. The number of hydrogen-bond acceptors (Lipinski definition) is 2. The van der Waals surface area contributed by atoms with E-state index in [0.29, 0.717) is 28.7 Å². The highest BCUT2D eigenvalue weighted by Crippen LogP contribution is 2.12. The van der Waals surface area contributed by atoms with Crippen molar-refractivity contribution in [2.75, 3.05) is 10.6 Å². The zero-order valence-electron chi connectivity index (χ0n) is 12.5. The summed E-state index contributed by atoms with van der Waals surface area (Å²) in [5.41, 5.74) is 1.22. The lowest BCUT2D eigenvalue weighted by atomic mass is 10.2. The average molecular weight is 344 g/mol. The van der Waals surface area contributed by atoms with Crippen molar-refractivity contribution in [3.8, 4) is 0 Å². The summed E-state index contributed by atoms with van der Waals surface area (Å²) in [5.74, 6) is -0.0479. The molecule has 122 valence electrons. The van der Waals surface area contributed by atoms with Gasteiger partial charge in [0, 0.05) is 23.5 Å². The molecule has 0 spiro atoms. The van der Waals surface area contributed by atoms with Gasteiger partial charge in [-0.05, 0) is 42.5 Å². The van der Waals surface area contributed by atoms with E-state index in [1.165, 1.54) is 18.2 Å². The summed E-state index contributed by atoms with van der Waals surface area (Å²) in [6, 6.07) is 14.1. The van der Waals surface area contributed by atoms with Gasteiger partial charge in [-0.15, -0.1) is 0 Å². The van der Waals surface area contributed by atoms with Gasteiger partial charge in [0.1, 0.15) is 11.6 Å². The van der Waals surface area contributed by atoms with Crippen molar-refractivity contribution in [3.63, 3.8) is 0 Å². The van der Waals surface area contributed by atoms with Gasteiger partial charge in [-0.25, -0.2) is 8.78 Å². The second-order valence-corrected chi connectivity index (χ2v) is 5.48. The van der Waals surface area contributed by atoms with Crippen LogP contribution in [0, 0.1) is 11.6 Å². The molecule has 0 aliphatic rings. The van der Waals surface area contributed by atoms with Crippen LogP contribution in [-0.4, -0.2) is 14.9 Å². The summed E-state index contributed by atoms with van der Waals surface area (Å²) in [6.45, 7) is 0.326. The Balaban J connectivity index is 1.60. The molecule has 4 nitrogen and oxygen atoms in total. The first kappa shape index (κ1) is 16.1. The molecule has 0 aliphatic heterocycles. The topological polar surface area (TPSA) is 41.9 Å². The largest absolute Gasteiger partial charge is 0.332 e. The summed E-state index contributed by atoms with van der Waals surface area (Å²) < 4.78 is 28.1. The first-order valence-corrected chi connectivity index (χ1v) is 7.61. The van der Waals surface area contributed by atoms with Crippen LogP contribution >= 0.6 is 12.2 Å². The summed E-state index contributed by atoms with van der Waals surface area (Å²) in [5, 5.41) is 10.5. The average Bonchev–Trinajstić information content (AvgIpc) is 2.99. The van der Waals surface area contributed by atoms with Gasteiger partial charge < -0.3 is 10.6 Å². The fourth-order valence-corrected chi connectivity index (χ4v) is 2.35. The summed E-state index contributed by atoms with van der Waals surface area (Å²) in [7, 11) is 0. The van der Waals surface area contributed by atoms with E-state index in [-0.39, 0.29) is 11.6 Å². The Hall–Kier alpha value is -2.80. The van der Waals surface area contributed by atoms with Crippen LogP contribution in [0.25, 0.3) is 0 Å². The van der Waals surface area contributed by atoms with E-state index in [4.69, 9.17) is 12.2 Å². The van der Waals surface area contributed by atoms with Crippen molar-refractivity contribution in [2.24, 2.45) is 0 Å². The monoisotopic (exact) mass is 344 g/mol. The van der Waals surface area contributed by atoms with Crippen LogP contribution in [-0.2, 0) is 6.54 Å². The quantitative estimate of drug-likeness (QED) is 0.702. The number of hydrogen-bond donors (Lipinski definition) is 2. The number of anilines is 2. The molecule has 0 fully saturated rings. The van der Waals surface area contributed by atoms with E-state index in [2.05, 4.69) is 15.7 Å². The number of nitrogens with zero attached hydrogens (tertiary/aromatic N) is 2. The first-order valence-electron chi connectivity index (χ1n) is 7.20. The van der Waals surface area contributed by atoms with E-state index < -0.39 is 0 Å². The standard InChI is InChI=1S/C17H14F2N4S/c18-13-5-7-14(8-6-13)20-17(24)21-16-9-10-23(22-16)11-12-3-1-2-4-15(12)19/h1-10H,11H2,(H2,20,21,22,24). The van der Waals surface area contributed by atoms with Crippen molar-refractivity contribution in [3.05, 3.63) is 78.0 Å². The van der Waals surface area contributed by atoms with Crippen LogP contribution < -0.4 is 10.6 Å². The number of halogens is 2. The molecule has 0 amide bonds. The van der Waals surface area contributed by atoms with Crippen LogP contribution in [0.5, 0.6) is 0 Å². The van der Waals surface area contributed by atoms with Crippen LogP contribution in [0.2, 0.25) is 0 Å². The van der Waals surface area contributed by atoms with Crippen molar-refractivity contribution in [1.82, 2.24) is 9.78 Å². The molecule has 1 heterocycles. The van der Waals surface area contributed by atoms with Crippen LogP contribution in [0.3, 0.4) is 0 Å². The second kappa shape index (κ2) is 7.18. The van der Waals surface area contributed by atoms with Gasteiger partial charge >= 0.3 is 0 Å². The number of aromatic nitrogens is 2. The molecular weight excluding hydrogens is 330 g/mol. The Morgan fingerprint density at radius 2 is 1.75 bits per heavy atom. The molecular formula is C17H14F2N4S. The number of thiocarbonyl (C=S) groups is 1. The predicted molar refractivity (Wildman–Crippen MR) is 94.0 cm³/mol. The normalized spacial score (nSPS) is 10.4. The highest BCUT2D eigenvalue weighted by Gasteiger charge is 2.05. The van der Waals surface area contributed by atoms with Gasteiger partial charge in [-0.3, -0.25) is 4.68 Å². The van der Waals surface area contributed by atoms with Crippen molar-refractivity contribution in [2.45, 2.75) is 6.54 Å². The molecule has 0 bridgehead atoms. The molecule has 0 saturated carbocycles. The summed E-state index contributed by atoms with van der Waals surface area (Å²) in [4.78, 5) is 0.